The molecule has 1 aromatic heterocycles. The van der Waals surface area contributed by atoms with Gasteiger partial charge in [0.15, 0.2) is 0 Å². The molecule has 1 aromatic carbocycles. The van der Waals surface area contributed by atoms with Crippen molar-refractivity contribution >= 4 is 23.1 Å². The first-order chi connectivity index (χ1) is 9.69. The number of likely N-dealkylation sites (N-methyl/N-ethyl adjacent to an activating group) is 1. The third-order valence-corrected chi connectivity index (χ3v) is 3.49. The molecule has 0 unspecified atom stereocenters. The number of rotatable bonds is 2. The summed E-state index contributed by atoms with van der Waals surface area (Å²) in [7, 11) is 2.11. The Morgan fingerprint density at radius 1 is 1.15 bits per heavy atom. The number of aryl methyl sites for hydroxylation is 1. The molecule has 3 N–H and O–H groups in total. The first kappa shape index (κ1) is 12.7. The molecule has 0 saturated heterocycles. The molecule has 0 aliphatic carbocycles. The summed E-state index contributed by atoms with van der Waals surface area (Å²) in [6.45, 7) is 3.77. The lowest BCUT2D eigenvalue weighted by molar-refractivity contribution is 0.810. The number of nitrogens with zero attached hydrogens (tertiary/aromatic N) is 4. The van der Waals surface area contributed by atoms with Crippen LogP contribution >= 0.6 is 0 Å². The molecule has 2 aromatic rings. The molecule has 0 bridgehead atoms. The van der Waals surface area contributed by atoms with Gasteiger partial charge in [-0.3, -0.25) is 5.43 Å². The van der Waals surface area contributed by atoms with Crippen LogP contribution in [0.3, 0.4) is 0 Å². The van der Waals surface area contributed by atoms with Crippen LogP contribution in [0.1, 0.15) is 5.69 Å². The number of anilines is 4. The summed E-state index contributed by atoms with van der Waals surface area (Å²) in [5.41, 5.74) is 5.77. The Kier molecular flexibility index (Phi) is 3.15. The maximum atomic E-state index is 5.43. The Hall–Kier alpha value is -2.34. The number of nitrogens with two attached hydrogens (primary N) is 1. The van der Waals surface area contributed by atoms with E-state index in [0.717, 1.165) is 30.3 Å². The lowest BCUT2D eigenvalue weighted by Gasteiger charge is -2.36. The van der Waals surface area contributed by atoms with Gasteiger partial charge in [-0.25, -0.2) is 10.8 Å². The molecule has 3 rings (SSSR count). The van der Waals surface area contributed by atoms with Crippen LogP contribution in [-0.4, -0.2) is 30.1 Å². The van der Waals surface area contributed by atoms with Crippen LogP contribution in [0.2, 0.25) is 0 Å². The highest BCUT2D eigenvalue weighted by molar-refractivity contribution is 5.78. The number of nitrogens with one attached hydrogen (secondary N) is 1. The van der Waals surface area contributed by atoms with Crippen LogP contribution in [0.4, 0.5) is 23.1 Å². The van der Waals surface area contributed by atoms with Gasteiger partial charge in [0.25, 0.3) is 0 Å². The highest BCUT2D eigenvalue weighted by Gasteiger charge is 2.22. The van der Waals surface area contributed by atoms with Crippen LogP contribution in [0.5, 0.6) is 0 Å². The number of benzene rings is 1. The number of fused-ring (bicyclic) bond motifs is 1. The Balaban J connectivity index is 2.07. The van der Waals surface area contributed by atoms with E-state index in [-0.39, 0.29) is 0 Å². The average molecular weight is 270 g/mol. The predicted molar refractivity (Wildman–Crippen MR) is 81.3 cm³/mol. The molecular weight excluding hydrogens is 252 g/mol. The zero-order valence-electron chi connectivity index (χ0n) is 11.7. The Morgan fingerprint density at radius 3 is 2.65 bits per heavy atom. The lowest BCUT2D eigenvalue weighted by atomic mass is 10.1. The number of hydrazine groups is 1. The zero-order valence-corrected chi connectivity index (χ0v) is 11.7. The predicted octanol–water partition coefficient (Wildman–Crippen LogP) is 1.66. The Labute approximate surface area is 118 Å². The van der Waals surface area contributed by atoms with Gasteiger partial charge in [0.1, 0.15) is 5.82 Å². The topological polar surface area (TPSA) is 70.3 Å². The zero-order chi connectivity index (χ0) is 14.1. The van der Waals surface area contributed by atoms with Gasteiger partial charge in [-0.15, -0.1) is 0 Å². The molecule has 0 spiro atoms. The monoisotopic (exact) mass is 270 g/mol. The van der Waals surface area contributed by atoms with Gasteiger partial charge in [-0.1, -0.05) is 12.1 Å². The Bertz CT molecular complexity index is 627. The molecule has 6 nitrogen and oxygen atoms in total. The van der Waals surface area contributed by atoms with Crippen molar-refractivity contribution in [2.24, 2.45) is 5.84 Å². The van der Waals surface area contributed by atoms with Gasteiger partial charge in [-0.2, -0.15) is 4.98 Å². The van der Waals surface area contributed by atoms with Crippen molar-refractivity contribution in [1.82, 2.24) is 9.97 Å². The van der Waals surface area contributed by atoms with Crippen molar-refractivity contribution in [2.45, 2.75) is 6.92 Å². The van der Waals surface area contributed by atoms with Gasteiger partial charge in [0.05, 0.1) is 11.4 Å². The van der Waals surface area contributed by atoms with Crippen LogP contribution in [0, 0.1) is 6.92 Å². The highest BCUT2D eigenvalue weighted by Crippen LogP contribution is 2.36. The molecular formula is C14H18N6. The fraction of sp³-hybridized carbons (Fsp3) is 0.286. The van der Waals surface area contributed by atoms with E-state index in [0.29, 0.717) is 5.95 Å². The number of hydrogen-bond acceptors (Lipinski definition) is 6. The summed E-state index contributed by atoms with van der Waals surface area (Å²) in [4.78, 5) is 13.1. The van der Waals surface area contributed by atoms with Crippen molar-refractivity contribution in [2.75, 3.05) is 35.4 Å². The summed E-state index contributed by atoms with van der Waals surface area (Å²) in [5, 5.41) is 0. The normalized spacial score (nSPS) is 14.2. The second kappa shape index (κ2) is 4.97. The SMILES string of the molecule is Cc1cc(N2CCN(C)c3ccccc32)nc(NN)n1. The fourth-order valence-electron chi connectivity index (χ4n) is 2.50. The van der Waals surface area contributed by atoms with E-state index in [1.165, 1.54) is 5.69 Å². The van der Waals surface area contributed by atoms with Crippen molar-refractivity contribution in [3.05, 3.63) is 36.0 Å². The molecule has 0 atom stereocenters. The molecule has 0 amide bonds. The molecule has 1 aliphatic heterocycles. The number of para-hydroxylation sites is 2. The van der Waals surface area contributed by atoms with Gasteiger partial charge in [0.2, 0.25) is 5.95 Å². The molecule has 2 heterocycles. The quantitative estimate of drug-likeness (QED) is 0.639. The van der Waals surface area contributed by atoms with Crippen LogP contribution in [-0.2, 0) is 0 Å². The van der Waals surface area contributed by atoms with E-state index in [2.05, 4.69) is 50.4 Å². The molecule has 0 radical (unpaired) electrons. The minimum Gasteiger partial charge on any atom is -0.371 e. The highest BCUT2D eigenvalue weighted by atomic mass is 15.3. The standard InChI is InChI=1S/C14H18N6/c1-10-9-13(17-14(16-10)18-15)20-8-7-19(2)11-5-3-4-6-12(11)20/h3-6,9H,7-8,15H2,1-2H3,(H,16,17,18). The molecule has 0 saturated carbocycles. The molecule has 0 fully saturated rings. The van der Waals surface area contributed by atoms with E-state index >= 15 is 0 Å². The van der Waals surface area contributed by atoms with E-state index in [9.17, 15) is 0 Å². The molecule has 20 heavy (non-hydrogen) atoms. The van der Waals surface area contributed by atoms with Crippen molar-refractivity contribution in [3.8, 4) is 0 Å². The third-order valence-electron chi connectivity index (χ3n) is 3.49. The number of nitrogen functional groups attached to an aromatic ring is 1. The average Bonchev–Trinajstić information content (AvgIpc) is 2.47. The third kappa shape index (κ3) is 2.14. The first-order valence-electron chi connectivity index (χ1n) is 6.59. The molecule has 6 heteroatoms. The summed E-state index contributed by atoms with van der Waals surface area (Å²) < 4.78 is 0. The van der Waals surface area contributed by atoms with Crippen molar-refractivity contribution in [1.29, 1.82) is 0 Å². The minimum absolute atomic E-state index is 0.441. The second-order valence-corrected chi connectivity index (χ2v) is 4.90. The van der Waals surface area contributed by atoms with Gasteiger partial charge in [0, 0.05) is 31.9 Å². The summed E-state index contributed by atoms with van der Waals surface area (Å²) in [6, 6.07) is 10.3. The van der Waals surface area contributed by atoms with Crippen LogP contribution in [0.25, 0.3) is 0 Å². The Morgan fingerprint density at radius 2 is 1.90 bits per heavy atom. The largest absolute Gasteiger partial charge is 0.371 e. The number of hydrogen-bond donors (Lipinski definition) is 2. The first-order valence-corrected chi connectivity index (χ1v) is 6.59. The number of aromatic nitrogens is 2. The van der Waals surface area contributed by atoms with Gasteiger partial charge in [-0.05, 0) is 19.1 Å². The molecule has 1 aliphatic rings. The smallest absolute Gasteiger partial charge is 0.239 e. The van der Waals surface area contributed by atoms with Crippen LogP contribution < -0.4 is 21.1 Å². The molecule has 104 valence electrons. The maximum Gasteiger partial charge on any atom is 0.239 e. The van der Waals surface area contributed by atoms with E-state index in [1.54, 1.807) is 0 Å². The minimum atomic E-state index is 0.441. The van der Waals surface area contributed by atoms with E-state index in [1.807, 2.05) is 19.1 Å². The summed E-state index contributed by atoms with van der Waals surface area (Å²) in [5.74, 6) is 6.74. The van der Waals surface area contributed by atoms with Crippen molar-refractivity contribution in [3.63, 3.8) is 0 Å². The summed E-state index contributed by atoms with van der Waals surface area (Å²) in [6.07, 6.45) is 0. The lowest BCUT2D eigenvalue weighted by Crippen LogP contribution is -2.37. The maximum absolute atomic E-state index is 5.43. The van der Waals surface area contributed by atoms with E-state index < -0.39 is 0 Å². The van der Waals surface area contributed by atoms with Gasteiger partial charge >= 0.3 is 0 Å². The fourth-order valence-corrected chi connectivity index (χ4v) is 2.50. The van der Waals surface area contributed by atoms with Crippen LogP contribution in [0.15, 0.2) is 30.3 Å². The van der Waals surface area contributed by atoms with Gasteiger partial charge < -0.3 is 9.80 Å². The summed E-state index contributed by atoms with van der Waals surface area (Å²) >= 11 is 0. The van der Waals surface area contributed by atoms with Crippen molar-refractivity contribution < 1.29 is 0 Å². The second-order valence-electron chi connectivity index (χ2n) is 4.90. The van der Waals surface area contributed by atoms with E-state index in [4.69, 9.17) is 5.84 Å².